The fourth-order valence-corrected chi connectivity index (χ4v) is 4.17. The predicted molar refractivity (Wildman–Crippen MR) is 90.5 cm³/mol. The number of rotatable bonds is 6. The number of amides is 1. The van der Waals surface area contributed by atoms with E-state index in [2.05, 4.69) is 0 Å². The number of carbonyl (C=O) groups is 1. The fraction of sp³-hybridized carbons (Fsp3) is 0.588. The Bertz CT molecular complexity index is 681. The second-order valence-corrected chi connectivity index (χ2v) is 8.62. The summed E-state index contributed by atoms with van der Waals surface area (Å²) in [4.78, 5) is 12.8. The van der Waals surface area contributed by atoms with Crippen molar-refractivity contribution >= 4 is 16.2 Å². The molecule has 24 heavy (non-hydrogen) atoms. The van der Waals surface area contributed by atoms with Crippen LogP contribution in [0.2, 0.25) is 0 Å². The van der Waals surface area contributed by atoms with Crippen molar-refractivity contribution in [2.75, 3.05) is 13.2 Å². The second-order valence-electron chi connectivity index (χ2n) is 7.01. The number of nitrogens with zero attached hydrogens (tertiary/aromatic N) is 1. The highest BCUT2D eigenvalue weighted by Gasteiger charge is 2.40. The highest BCUT2D eigenvalue weighted by Crippen LogP contribution is 2.34. The molecule has 1 amide bonds. The Labute approximate surface area is 143 Å². The van der Waals surface area contributed by atoms with Crippen molar-refractivity contribution in [1.82, 2.24) is 4.90 Å². The summed E-state index contributed by atoms with van der Waals surface area (Å²) < 4.78 is 29.2. The average Bonchev–Trinajstić information content (AvgIpc) is 2.79. The molecule has 1 saturated heterocycles. The maximum Gasteiger partial charge on any atom is 0.407 e. The predicted octanol–water partition coefficient (Wildman–Crippen LogP) is 3.26. The Hall–Kier alpha value is -1.60. The number of hydrogen-bond donors (Lipinski definition) is 1. The summed E-state index contributed by atoms with van der Waals surface area (Å²) in [5.41, 5.74) is 0.617. The lowest BCUT2D eigenvalue weighted by molar-refractivity contribution is 0.117. The van der Waals surface area contributed by atoms with Gasteiger partial charge in [-0.3, -0.25) is 4.18 Å². The van der Waals surface area contributed by atoms with Crippen molar-refractivity contribution in [2.45, 2.75) is 50.5 Å². The lowest BCUT2D eigenvalue weighted by Gasteiger charge is -2.28. The van der Waals surface area contributed by atoms with E-state index in [4.69, 9.17) is 4.18 Å². The largest absolute Gasteiger partial charge is 0.465 e. The zero-order valence-corrected chi connectivity index (χ0v) is 15.2. The van der Waals surface area contributed by atoms with Gasteiger partial charge in [0.1, 0.15) is 0 Å². The standard InChI is InChI=1S/C17H25NO5S/c1-13-6-8-15(9-7-13)24(21,22)23-10-4-5-14-11-17(2,3)18(12-14)16(19)20/h6-9,14H,4-5,10-12H2,1-3H3,(H,19,20)/t14-/m0/s1. The molecule has 0 aromatic heterocycles. The Balaban J connectivity index is 1.81. The van der Waals surface area contributed by atoms with Crippen LogP contribution in [0.15, 0.2) is 29.2 Å². The highest BCUT2D eigenvalue weighted by molar-refractivity contribution is 7.86. The molecule has 0 spiro atoms. The van der Waals surface area contributed by atoms with Crippen LogP contribution in [-0.2, 0) is 14.3 Å². The Morgan fingerprint density at radius 1 is 1.33 bits per heavy atom. The third-order valence-electron chi connectivity index (χ3n) is 4.50. The van der Waals surface area contributed by atoms with Crippen molar-refractivity contribution in [2.24, 2.45) is 5.92 Å². The molecule has 0 bridgehead atoms. The van der Waals surface area contributed by atoms with Crippen molar-refractivity contribution in [3.8, 4) is 0 Å². The van der Waals surface area contributed by atoms with Gasteiger partial charge in [-0.1, -0.05) is 17.7 Å². The van der Waals surface area contributed by atoms with E-state index < -0.39 is 16.2 Å². The van der Waals surface area contributed by atoms with E-state index in [1.54, 1.807) is 12.1 Å². The molecule has 1 aromatic rings. The molecule has 0 radical (unpaired) electrons. The molecule has 6 nitrogen and oxygen atoms in total. The van der Waals surface area contributed by atoms with Gasteiger partial charge in [-0.2, -0.15) is 8.42 Å². The number of hydrogen-bond acceptors (Lipinski definition) is 4. The van der Waals surface area contributed by atoms with Gasteiger partial charge in [-0.05, 0) is 58.1 Å². The van der Waals surface area contributed by atoms with Crippen LogP contribution in [0.5, 0.6) is 0 Å². The monoisotopic (exact) mass is 355 g/mol. The molecule has 1 aliphatic heterocycles. The lowest BCUT2D eigenvalue weighted by Crippen LogP contribution is -2.41. The van der Waals surface area contributed by atoms with Crippen LogP contribution in [0.25, 0.3) is 0 Å². The summed E-state index contributed by atoms with van der Waals surface area (Å²) in [5, 5.41) is 9.21. The van der Waals surface area contributed by atoms with E-state index in [1.807, 2.05) is 20.8 Å². The summed E-state index contributed by atoms with van der Waals surface area (Å²) in [6.45, 7) is 6.33. The van der Waals surface area contributed by atoms with Gasteiger partial charge >= 0.3 is 6.09 Å². The number of carboxylic acid groups (broad SMARTS) is 1. The van der Waals surface area contributed by atoms with Crippen LogP contribution in [-0.4, -0.2) is 43.2 Å². The highest BCUT2D eigenvalue weighted by atomic mass is 32.2. The SMILES string of the molecule is Cc1ccc(S(=O)(=O)OCCC[C@@H]2CN(C(=O)O)C(C)(C)C2)cc1. The first-order chi connectivity index (χ1) is 11.1. The first-order valence-electron chi connectivity index (χ1n) is 8.08. The number of likely N-dealkylation sites (tertiary alicyclic amines) is 1. The molecule has 1 aliphatic rings. The van der Waals surface area contributed by atoms with Gasteiger partial charge in [0.15, 0.2) is 0 Å². The second kappa shape index (κ2) is 7.11. The normalized spacial score (nSPS) is 20.3. The minimum Gasteiger partial charge on any atom is -0.465 e. The first kappa shape index (κ1) is 18.7. The van der Waals surface area contributed by atoms with E-state index >= 15 is 0 Å². The van der Waals surface area contributed by atoms with E-state index in [0.717, 1.165) is 18.4 Å². The zero-order valence-electron chi connectivity index (χ0n) is 14.4. The van der Waals surface area contributed by atoms with Crippen molar-refractivity contribution < 1.29 is 22.5 Å². The van der Waals surface area contributed by atoms with Gasteiger partial charge in [0, 0.05) is 12.1 Å². The minimum atomic E-state index is -3.72. The molecular weight excluding hydrogens is 330 g/mol. The molecule has 1 fully saturated rings. The number of benzene rings is 1. The maximum atomic E-state index is 12.1. The summed E-state index contributed by atoms with van der Waals surface area (Å²) >= 11 is 0. The summed E-state index contributed by atoms with van der Waals surface area (Å²) in [7, 11) is -3.72. The molecule has 0 unspecified atom stereocenters. The van der Waals surface area contributed by atoms with Gasteiger partial charge in [-0.15, -0.1) is 0 Å². The van der Waals surface area contributed by atoms with Crippen LogP contribution < -0.4 is 0 Å². The zero-order chi connectivity index (χ0) is 18.0. The molecule has 1 N–H and O–H groups in total. The summed E-state index contributed by atoms with van der Waals surface area (Å²) in [5.74, 6) is 0.238. The summed E-state index contributed by atoms with van der Waals surface area (Å²) in [6.07, 6.45) is 1.21. The van der Waals surface area contributed by atoms with E-state index in [-0.39, 0.29) is 23.0 Å². The van der Waals surface area contributed by atoms with E-state index in [1.165, 1.54) is 17.0 Å². The third-order valence-corrected chi connectivity index (χ3v) is 5.82. The van der Waals surface area contributed by atoms with Crippen LogP contribution in [0, 0.1) is 12.8 Å². The third kappa shape index (κ3) is 4.48. The van der Waals surface area contributed by atoms with Crippen LogP contribution in [0.1, 0.15) is 38.7 Å². The molecule has 7 heteroatoms. The summed E-state index contributed by atoms with van der Waals surface area (Å²) in [6, 6.07) is 6.54. The fourth-order valence-electron chi connectivity index (χ4n) is 3.23. The molecule has 134 valence electrons. The van der Waals surface area contributed by atoms with Crippen LogP contribution in [0.3, 0.4) is 0 Å². The van der Waals surface area contributed by atoms with Gasteiger partial charge in [0.05, 0.1) is 11.5 Å². The lowest BCUT2D eigenvalue weighted by atomic mass is 9.93. The molecule has 1 aromatic carbocycles. The van der Waals surface area contributed by atoms with Gasteiger partial charge in [0.25, 0.3) is 10.1 Å². The molecule has 0 aliphatic carbocycles. The molecule has 1 atom stereocenters. The van der Waals surface area contributed by atoms with Crippen molar-refractivity contribution in [1.29, 1.82) is 0 Å². The molecule has 1 heterocycles. The Morgan fingerprint density at radius 2 is 1.96 bits per heavy atom. The quantitative estimate of drug-likeness (QED) is 0.625. The Kier molecular flexibility index (Phi) is 5.55. The van der Waals surface area contributed by atoms with Gasteiger partial charge in [0.2, 0.25) is 0 Å². The van der Waals surface area contributed by atoms with E-state index in [0.29, 0.717) is 13.0 Å². The topological polar surface area (TPSA) is 83.9 Å². The minimum absolute atomic E-state index is 0.111. The molecule has 0 saturated carbocycles. The number of aryl methyl sites for hydroxylation is 1. The Morgan fingerprint density at radius 3 is 2.50 bits per heavy atom. The maximum absolute atomic E-state index is 12.1. The van der Waals surface area contributed by atoms with Crippen molar-refractivity contribution in [3.05, 3.63) is 29.8 Å². The first-order valence-corrected chi connectivity index (χ1v) is 9.49. The van der Waals surface area contributed by atoms with E-state index in [9.17, 15) is 18.3 Å². The van der Waals surface area contributed by atoms with Gasteiger partial charge in [-0.25, -0.2) is 4.79 Å². The molecular formula is C17H25NO5S. The van der Waals surface area contributed by atoms with Crippen molar-refractivity contribution in [3.63, 3.8) is 0 Å². The van der Waals surface area contributed by atoms with Crippen LogP contribution >= 0.6 is 0 Å². The smallest absolute Gasteiger partial charge is 0.407 e. The molecule has 2 rings (SSSR count). The van der Waals surface area contributed by atoms with Crippen LogP contribution in [0.4, 0.5) is 4.79 Å². The van der Waals surface area contributed by atoms with Gasteiger partial charge < -0.3 is 10.0 Å². The average molecular weight is 355 g/mol.